The number of urea groups is 1. The first-order chi connectivity index (χ1) is 23.7. The highest BCUT2D eigenvalue weighted by Crippen LogP contribution is 2.33. The van der Waals surface area contributed by atoms with E-state index in [-0.39, 0.29) is 18.1 Å². The molecule has 0 spiro atoms. The van der Waals surface area contributed by atoms with Crippen molar-refractivity contribution in [2.45, 2.75) is 50.6 Å². The van der Waals surface area contributed by atoms with Crippen molar-refractivity contribution in [2.75, 3.05) is 51.3 Å². The number of nitrogens with zero attached hydrogens (tertiary/aromatic N) is 3. The number of hydrogen-bond donors (Lipinski definition) is 5. The van der Waals surface area contributed by atoms with Crippen molar-refractivity contribution in [2.24, 2.45) is 5.73 Å². The zero-order chi connectivity index (χ0) is 35.2. The van der Waals surface area contributed by atoms with E-state index >= 15 is 0 Å². The minimum absolute atomic E-state index is 0.0279. The largest absolute Gasteiger partial charge is 0.506 e. The molecule has 4 amide bonds. The molecule has 0 unspecified atom stereocenters. The summed E-state index contributed by atoms with van der Waals surface area (Å²) in [5.74, 6) is 0.182. The average molecular weight is 804 g/mol. The number of methoxy groups -OCH3 is 1. The molecule has 49 heavy (non-hydrogen) atoms. The van der Waals surface area contributed by atoms with Gasteiger partial charge in [-0.25, -0.2) is 4.79 Å². The Balaban J connectivity index is 1.43. The molecule has 0 bridgehead atoms. The number of rotatable bonds is 16. The summed E-state index contributed by atoms with van der Waals surface area (Å²) in [6.07, 6.45) is 6.77. The number of piperazine rings is 1. The smallest absolute Gasteiger partial charge is 0.315 e. The van der Waals surface area contributed by atoms with Gasteiger partial charge >= 0.3 is 6.03 Å². The Kier molecular flexibility index (Phi) is 15.0. The van der Waals surface area contributed by atoms with Gasteiger partial charge in [0.2, 0.25) is 11.8 Å². The number of unbranched alkanes of at least 4 members (excludes halogenated alkanes) is 1. The number of halogens is 2. The summed E-state index contributed by atoms with van der Waals surface area (Å²) >= 11 is 6.70. The minimum atomic E-state index is -1.01. The molecule has 3 aromatic rings. The number of nitrogens with two attached hydrogens (primary N) is 1. The molecule has 12 nitrogen and oxygen atoms in total. The quantitative estimate of drug-likeness (QED) is 0.135. The van der Waals surface area contributed by atoms with E-state index in [9.17, 15) is 19.5 Å². The number of anilines is 1. The number of aromatic nitrogens is 1. The van der Waals surface area contributed by atoms with E-state index in [1.807, 2.05) is 36.4 Å². The number of aryl methyl sites for hydroxylation is 1. The third-order valence-electron chi connectivity index (χ3n) is 8.42. The van der Waals surface area contributed by atoms with Crippen molar-refractivity contribution in [3.05, 3.63) is 81.0 Å². The van der Waals surface area contributed by atoms with Crippen LogP contribution in [0.2, 0.25) is 0 Å². The van der Waals surface area contributed by atoms with Crippen LogP contribution in [0.15, 0.2) is 69.9 Å². The number of hydrogen-bond acceptors (Lipinski definition) is 8. The van der Waals surface area contributed by atoms with Crippen molar-refractivity contribution in [1.29, 1.82) is 0 Å². The lowest BCUT2D eigenvalue weighted by molar-refractivity contribution is -0.137. The van der Waals surface area contributed by atoms with E-state index in [4.69, 9.17) is 10.5 Å². The first-order valence-corrected chi connectivity index (χ1v) is 18.1. The van der Waals surface area contributed by atoms with Crippen LogP contribution < -0.4 is 31.3 Å². The molecule has 4 rings (SSSR count). The van der Waals surface area contributed by atoms with Gasteiger partial charge < -0.3 is 41.3 Å². The van der Waals surface area contributed by atoms with Gasteiger partial charge in [0.1, 0.15) is 23.6 Å². The molecule has 1 aromatic heterocycles. The monoisotopic (exact) mass is 801 g/mol. The van der Waals surface area contributed by atoms with E-state index in [1.54, 1.807) is 36.5 Å². The van der Waals surface area contributed by atoms with Gasteiger partial charge in [-0.2, -0.15) is 0 Å². The average Bonchev–Trinajstić information content (AvgIpc) is 3.12. The molecule has 1 aliphatic rings. The molecule has 0 radical (unpaired) electrons. The first kappa shape index (κ1) is 37.9. The molecule has 264 valence electrons. The van der Waals surface area contributed by atoms with Gasteiger partial charge in [-0.3, -0.25) is 14.6 Å². The Morgan fingerprint density at radius 1 is 0.959 bits per heavy atom. The van der Waals surface area contributed by atoms with Gasteiger partial charge in [-0.1, -0.05) is 18.2 Å². The Labute approximate surface area is 304 Å². The Bertz CT molecular complexity index is 1520. The van der Waals surface area contributed by atoms with Crippen LogP contribution in [0.25, 0.3) is 0 Å². The van der Waals surface area contributed by atoms with E-state index in [0.29, 0.717) is 85.9 Å². The molecule has 1 saturated heterocycles. The Morgan fingerprint density at radius 2 is 1.65 bits per heavy atom. The molecule has 0 aliphatic carbocycles. The molecule has 1 aliphatic heterocycles. The van der Waals surface area contributed by atoms with Gasteiger partial charge in [-0.15, -0.1) is 0 Å². The van der Waals surface area contributed by atoms with Crippen molar-refractivity contribution < 1.29 is 24.2 Å². The van der Waals surface area contributed by atoms with Crippen LogP contribution in [0.1, 0.15) is 36.8 Å². The number of nitrogens with one attached hydrogen (secondary N) is 3. The third kappa shape index (κ3) is 11.3. The Hall–Kier alpha value is -3.88. The number of ether oxygens (including phenoxy) is 1. The molecule has 14 heteroatoms. The van der Waals surface area contributed by atoms with Crippen LogP contribution in [-0.4, -0.2) is 91.3 Å². The predicted octanol–water partition coefficient (Wildman–Crippen LogP) is 4.13. The van der Waals surface area contributed by atoms with Crippen LogP contribution in [0, 0.1) is 0 Å². The molecule has 1 fully saturated rings. The molecular formula is C35H45Br2N7O5. The molecule has 2 atom stereocenters. The molecule has 0 saturated carbocycles. The highest BCUT2D eigenvalue weighted by molar-refractivity contribution is 9.11. The Morgan fingerprint density at radius 3 is 2.33 bits per heavy atom. The lowest BCUT2D eigenvalue weighted by Gasteiger charge is -2.37. The fourth-order valence-corrected chi connectivity index (χ4v) is 7.04. The first-order valence-electron chi connectivity index (χ1n) is 16.5. The highest BCUT2D eigenvalue weighted by atomic mass is 79.9. The number of pyridine rings is 1. The standard InChI is InChI=1S/C35H45Br2N7O5/c1-49-31-10-3-2-7-25(31)8-6-14-40-35(48)42-30(23-24-21-27(36)32(45)28(37)22-24)33(46)41-29(9-4-5-13-38)34(47)44-19-17-43(18-20-44)26-11-15-39-16-12-26/h2-3,7,10-12,15-16,21-22,29-30,45H,4-6,8-9,13-14,17-20,23,38H2,1H3,(H,41,46)(H2,40,42,48)/t29-,30+/m0/s1. The maximum absolute atomic E-state index is 13.9. The van der Waals surface area contributed by atoms with Crippen molar-refractivity contribution in [1.82, 2.24) is 25.8 Å². The number of amides is 4. The molecule has 2 heterocycles. The van der Waals surface area contributed by atoms with Gasteiger partial charge in [0.15, 0.2) is 0 Å². The topological polar surface area (TPSA) is 162 Å². The summed E-state index contributed by atoms with van der Waals surface area (Å²) < 4.78 is 6.30. The van der Waals surface area contributed by atoms with E-state index in [1.165, 1.54) is 0 Å². The zero-order valence-electron chi connectivity index (χ0n) is 27.7. The van der Waals surface area contributed by atoms with Crippen molar-refractivity contribution >= 4 is 55.4 Å². The molecular weight excluding hydrogens is 758 g/mol. The maximum atomic E-state index is 13.9. The second-order valence-electron chi connectivity index (χ2n) is 11.8. The summed E-state index contributed by atoms with van der Waals surface area (Å²) in [7, 11) is 1.63. The van der Waals surface area contributed by atoms with Gasteiger partial charge in [0.25, 0.3) is 0 Å². The number of phenols is 1. The van der Waals surface area contributed by atoms with Gasteiger partial charge in [0.05, 0.1) is 16.1 Å². The van der Waals surface area contributed by atoms with E-state index in [2.05, 4.69) is 57.7 Å². The third-order valence-corrected chi connectivity index (χ3v) is 9.63. The second kappa shape index (κ2) is 19.3. The number of aromatic hydroxyl groups is 1. The lowest BCUT2D eigenvalue weighted by Crippen LogP contribution is -2.58. The normalized spacial score (nSPS) is 14.1. The summed E-state index contributed by atoms with van der Waals surface area (Å²) in [4.78, 5) is 49.0. The number of carbonyl (C=O) groups excluding carboxylic acids is 3. The summed E-state index contributed by atoms with van der Waals surface area (Å²) in [5.41, 5.74) is 8.52. The second-order valence-corrected chi connectivity index (χ2v) is 13.6. The van der Waals surface area contributed by atoms with Gasteiger partial charge in [0, 0.05) is 57.2 Å². The number of para-hydroxylation sites is 1. The van der Waals surface area contributed by atoms with E-state index < -0.39 is 24.0 Å². The zero-order valence-corrected chi connectivity index (χ0v) is 30.8. The van der Waals surface area contributed by atoms with Crippen LogP contribution >= 0.6 is 31.9 Å². The van der Waals surface area contributed by atoms with Crippen LogP contribution in [0.3, 0.4) is 0 Å². The lowest BCUT2D eigenvalue weighted by atomic mass is 10.0. The molecule has 2 aromatic carbocycles. The van der Waals surface area contributed by atoms with Gasteiger partial charge in [-0.05, 0) is 112 Å². The van der Waals surface area contributed by atoms with Crippen LogP contribution in [0.4, 0.5) is 10.5 Å². The minimum Gasteiger partial charge on any atom is -0.506 e. The summed E-state index contributed by atoms with van der Waals surface area (Å²) in [5, 5.41) is 18.9. The fourth-order valence-electron chi connectivity index (χ4n) is 5.76. The van der Waals surface area contributed by atoms with Crippen molar-refractivity contribution in [3.63, 3.8) is 0 Å². The van der Waals surface area contributed by atoms with Crippen LogP contribution in [-0.2, 0) is 22.4 Å². The number of phenolic OH excluding ortho intramolecular Hbond substituents is 1. The fraction of sp³-hybridized carbons (Fsp3) is 0.429. The highest BCUT2D eigenvalue weighted by Gasteiger charge is 2.31. The number of benzene rings is 2. The summed E-state index contributed by atoms with van der Waals surface area (Å²) in [6, 6.07) is 12.7. The maximum Gasteiger partial charge on any atom is 0.315 e. The predicted molar refractivity (Wildman–Crippen MR) is 197 cm³/mol. The SMILES string of the molecule is COc1ccccc1CCCNC(=O)N[C@H](Cc1cc(Br)c(O)c(Br)c1)C(=O)N[C@@H](CCCCN)C(=O)N1CCN(c2ccncc2)CC1. The van der Waals surface area contributed by atoms with Crippen LogP contribution in [0.5, 0.6) is 11.5 Å². The summed E-state index contributed by atoms with van der Waals surface area (Å²) in [6.45, 7) is 3.19. The number of carbonyl (C=O) groups is 3. The molecule has 6 N–H and O–H groups in total. The van der Waals surface area contributed by atoms with E-state index in [0.717, 1.165) is 17.0 Å². The van der Waals surface area contributed by atoms with Crippen molar-refractivity contribution in [3.8, 4) is 11.5 Å².